The molecule has 0 radical (unpaired) electrons. The first-order valence-corrected chi connectivity index (χ1v) is 11.4. The van der Waals surface area contributed by atoms with E-state index < -0.39 is 36.1 Å². The second kappa shape index (κ2) is 8.01. The van der Waals surface area contributed by atoms with Crippen LogP contribution in [-0.2, 0) is 9.59 Å². The Morgan fingerprint density at radius 2 is 1.56 bits per heavy atom. The standard InChI is InChI=1S/C24H20Cl2N2O4/c25-16-8-9-17(18(26)11-16)22(30)27(12-19(29)13-4-2-1-3-5-13)28-23(31)20-14-6-7-15(10-14)21(20)24(28)32/h1-5,8-9,11,14-15,20-21H,6-7,10,12H2/t14-,15-,20-,21-/m0/s1. The summed E-state index contributed by atoms with van der Waals surface area (Å²) in [4.78, 5) is 53.2. The van der Waals surface area contributed by atoms with Crippen molar-refractivity contribution < 1.29 is 19.2 Å². The zero-order valence-corrected chi connectivity index (χ0v) is 18.6. The fourth-order valence-corrected chi connectivity index (χ4v) is 6.01. The Labute approximate surface area is 195 Å². The number of hydrazine groups is 1. The Kier molecular flexibility index (Phi) is 5.30. The van der Waals surface area contributed by atoms with Gasteiger partial charge in [-0.05, 0) is 49.3 Å². The molecule has 8 heteroatoms. The highest BCUT2D eigenvalue weighted by Crippen LogP contribution is 2.56. The highest BCUT2D eigenvalue weighted by molar-refractivity contribution is 6.36. The van der Waals surface area contributed by atoms with Crippen molar-refractivity contribution in [3.63, 3.8) is 0 Å². The van der Waals surface area contributed by atoms with Gasteiger partial charge in [-0.15, -0.1) is 0 Å². The molecule has 2 aromatic rings. The average molecular weight is 471 g/mol. The molecule has 1 saturated heterocycles. The summed E-state index contributed by atoms with van der Waals surface area (Å²) in [6.45, 7) is -0.450. The number of ketones is 1. The van der Waals surface area contributed by atoms with Crippen molar-refractivity contribution in [2.45, 2.75) is 19.3 Å². The molecule has 1 aliphatic heterocycles. The number of amides is 3. The van der Waals surface area contributed by atoms with Crippen LogP contribution in [0.1, 0.15) is 40.0 Å². The average Bonchev–Trinajstić information content (AvgIpc) is 3.46. The van der Waals surface area contributed by atoms with E-state index in [2.05, 4.69) is 0 Å². The van der Waals surface area contributed by atoms with E-state index in [-0.39, 0.29) is 28.2 Å². The molecule has 0 aromatic heterocycles. The molecule has 0 N–H and O–H groups in total. The van der Waals surface area contributed by atoms with Crippen molar-refractivity contribution in [2.24, 2.45) is 23.7 Å². The summed E-state index contributed by atoms with van der Waals surface area (Å²) in [6.07, 6.45) is 2.71. The lowest BCUT2D eigenvalue weighted by molar-refractivity contribution is -0.154. The van der Waals surface area contributed by atoms with Gasteiger partial charge in [0.05, 0.1) is 22.4 Å². The minimum absolute atomic E-state index is 0.0672. The van der Waals surface area contributed by atoms with Crippen molar-refractivity contribution in [1.82, 2.24) is 10.0 Å². The molecule has 5 rings (SSSR count). The first-order chi connectivity index (χ1) is 15.4. The van der Waals surface area contributed by atoms with Crippen molar-refractivity contribution in [2.75, 3.05) is 6.54 Å². The van der Waals surface area contributed by atoms with E-state index in [0.29, 0.717) is 10.6 Å². The zero-order valence-electron chi connectivity index (χ0n) is 17.0. The van der Waals surface area contributed by atoms with Crippen LogP contribution in [0.4, 0.5) is 0 Å². The number of imide groups is 1. The maximum atomic E-state index is 13.5. The summed E-state index contributed by atoms with van der Waals surface area (Å²) in [6, 6.07) is 12.8. The molecule has 0 unspecified atom stereocenters. The number of carbonyl (C=O) groups excluding carboxylic acids is 4. The topological polar surface area (TPSA) is 74.8 Å². The van der Waals surface area contributed by atoms with Crippen LogP contribution in [0.15, 0.2) is 48.5 Å². The van der Waals surface area contributed by atoms with E-state index in [9.17, 15) is 19.2 Å². The largest absolute Gasteiger partial charge is 0.292 e. The van der Waals surface area contributed by atoms with Crippen LogP contribution in [-0.4, -0.2) is 40.1 Å². The Bertz CT molecular complexity index is 1110. The fourth-order valence-electron chi connectivity index (χ4n) is 5.52. The predicted molar refractivity (Wildman–Crippen MR) is 118 cm³/mol. The van der Waals surface area contributed by atoms with Crippen LogP contribution in [0.25, 0.3) is 0 Å². The van der Waals surface area contributed by atoms with Crippen molar-refractivity contribution in [3.8, 4) is 0 Å². The van der Waals surface area contributed by atoms with E-state index >= 15 is 0 Å². The third-order valence-electron chi connectivity index (χ3n) is 6.93. The summed E-state index contributed by atoms with van der Waals surface area (Å²) in [5.74, 6) is -2.37. The van der Waals surface area contributed by atoms with Gasteiger partial charge in [-0.25, -0.2) is 5.01 Å². The molecule has 0 spiro atoms. The molecule has 3 fully saturated rings. The van der Waals surface area contributed by atoms with Gasteiger partial charge < -0.3 is 0 Å². The van der Waals surface area contributed by atoms with E-state index in [1.54, 1.807) is 30.3 Å². The molecule has 2 bridgehead atoms. The quantitative estimate of drug-likeness (QED) is 0.483. The lowest BCUT2D eigenvalue weighted by Gasteiger charge is -2.31. The van der Waals surface area contributed by atoms with Gasteiger partial charge in [0.1, 0.15) is 6.54 Å². The number of hydrogen-bond acceptors (Lipinski definition) is 4. The van der Waals surface area contributed by atoms with Crippen molar-refractivity contribution >= 4 is 46.7 Å². The number of benzene rings is 2. The Morgan fingerprint density at radius 3 is 2.16 bits per heavy atom. The fraction of sp³-hybridized carbons (Fsp3) is 0.333. The number of rotatable bonds is 5. The van der Waals surface area contributed by atoms with Crippen LogP contribution >= 0.6 is 23.2 Å². The first-order valence-electron chi connectivity index (χ1n) is 10.6. The lowest BCUT2D eigenvalue weighted by Crippen LogP contribution is -2.52. The number of fused-ring (bicyclic) bond motifs is 5. The van der Waals surface area contributed by atoms with Gasteiger partial charge in [0.25, 0.3) is 17.7 Å². The summed E-state index contributed by atoms with van der Waals surface area (Å²) < 4.78 is 0. The Balaban J connectivity index is 1.52. The Hall–Kier alpha value is -2.70. The molecule has 1 heterocycles. The maximum absolute atomic E-state index is 13.5. The molecule has 3 amide bonds. The van der Waals surface area contributed by atoms with Crippen LogP contribution in [0.2, 0.25) is 10.0 Å². The van der Waals surface area contributed by atoms with Gasteiger partial charge in [-0.3, -0.25) is 19.2 Å². The molecule has 3 aliphatic rings. The SMILES string of the molecule is O=C(CN(C(=O)c1ccc(Cl)cc1Cl)N1C(=O)[C@H]2[C@H]3CC[C@@H](C3)[C@@H]2C1=O)c1ccccc1. The lowest BCUT2D eigenvalue weighted by atomic mass is 9.81. The van der Waals surface area contributed by atoms with E-state index in [0.717, 1.165) is 29.3 Å². The molecule has 2 aromatic carbocycles. The molecule has 6 nitrogen and oxygen atoms in total. The van der Waals surface area contributed by atoms with Crippen LogP contribution < -0.4 is 0 Å². The smallest absolute Gasteiger partial charge is 0.274 e. The van der Waals surface area contributed by atoms with Gasteiger partial charge in [-0.1, -0.05) is 53.5 Å². The maximum Gasteiger partial charge on any atom is 0.274 e. The summed E-state index contributed by atoms with van der Waals surface area (Å²) in [7, 11) is 0. The molecule has 4 atom stereocenters. The molecule has 2 aliphatic carbocycles. The van der Waals surface area contributed by atoms with Gasteiger partial charge in [-0.2, -0.15) is 5.01 Å². The van der Waals surface area contributed by atoms with Gasteiger partial charge in [0.15, 0.2) is 5.78 Å². The van der Waals surface area contributed by atoms with Crippen LogP contribution in [0, 0.1) is 23.7 Å². The molecule has 164 valence electrons. The first kappa shape index (κ1) is 21.2. The third-order valence-corrected chi connectivity index (χ3v) is 7.48. The van der Waals surface area contributed by atoms with E-state index in [4.69, 9.17) is 23.2 Å². The minimum atomic E-state index is -0.690. The Morgan fingerprint density at radius 1 is 0.938 bits per heavy atom. The third kappa shape index (κ3) is 3.33. The van der Waals surface area contributed by atoms with Crippen molar-refractivity contribution in [1.29, 1.82) is 0 Å². The second-order valence-corrected chi connectivity index (χ2v) is 9.49. The summed E-state index contributed by atoms with van der Waals surface area (Å²) in [5.41, 5.74) is 0.449. The number of nitrogens with zero attached hydrogens (tertiary/aromatic N) is 2. The number of halogens is 2. The highest BCUT2D eigenvalue weighted by atomic mass is 35.5. The van der Waals surface area contributed by atoms with Gasteiger partial charge >= 0.3 is 0 Å². The minimum Gasteiger partial charge on any atom is -0.292 e. The molecule has 32 heavy (non-hydrogen) atoms. The molecular weight excluding hydrogens is 451 g/mol. The molecule has 2 saturated carbocycles. The van der Waals surface area contributed by atoms with Gasteiger partial charge in [0.2, 0.25) is 0 Å². The normalized spacial score (nSPS) is 25.9. The zero-order chi connectivity index (χ0) is 22.6. The summed E-state index contributed by atoms with van der Waals surface area (Å²) in [5, 5.41) is 2.30. The number of Topliss-reactive ketones (excluding diaryl/α,β-unsaturated/α-hetero) is 1. The van der Waals surface area contributed by atoms with E-state index in [1.165, 1.54) is 18.2 Å². The second-order valence-electron chi connectivity index (χ2n) is 8.65. The summed E-state index contributed by atoms with van der Waals surface area (Å²) >= 11 is 12.2. The van der Waals surface area contributed by atoms with Crippen LogP contribution in [0.5, 0.6) is 0 Å². The molecular formula is C24H20Cl2N2O4. The van der Waals surface area contributed by atoms with Crippen LogP contribution in [0.3, 0.4) is 0 Å². The van der Waals surface area contributed by atoms with Crippen molar-refractivity contribution in [3.05, 3.63) is 69.7 Å². The van der Waals surface area contributed by atoms with Gasteiger partial charge in [0, 0.05) is 10.6 Å². The van der Waals surface area contributed by atoms with E-state index in [1.807, 2.05) is 0 Å². The monoisotopic (exact) mass is 470 g/mol. The number of hydrogen-bond donors (Lipinski definition) is 0. The predicted octanol–water partition coefficient (Wildman–Crippen LogP) is 4.26. The highest BCUT2D eigenvalue weighted by Gasteiger charge is 2.62. The number of carbonyl (C=O) groups is 4.